The predicted molar refractivity (Wildman–Crippen MR) is 234 cm³/mol. The molecule has 2 aliphatic rings. The molecule has 1 aromatic heterocycles. The summed E-state index contributed by atoms with van der Waals surface area (Å²) < 4.78 is 6.46. The third-order valence-electron chi connectivity index (χ3n) is 12.7. The molecule has 2 aliphatic carbocycles. The van der Waals surface area contributed by atoms with Crippen LogP contribution in [0.3, 0.4) is 0 Å². The van der Waals surface area contributed by atoms with Crippen molar-refractivity contribution in [2.24, 2.45) is 0 Å². The highest BCUT2D eigenvalue weighted by Crippen LogP contribution is 2.58. The lowest BCUT2D eigenvalue weighted by Gasteiger charge is -2.29. The summed E-state index contributed by atoms with van der Waals surface area (Å²) in [5.41, 5.74) is 20.5. The number of furan rings is 1. The summed E-state index contributed by atoms with van der Waals surface area (Å²) in [5, 5.41) is 2.28. The first-order valence-electron chi connectivity index (χ1n) is 19.7. The first-order chi connectivity index (χ1) is 27.3. The van der Waals surface area contributed by atoms with Crippen molar-refractivity contribution < 1.29 is 4.42 Å². The summed E-state index contributed by atoms with van der Waals surface area (Å²) in [4.78, 5) is 2.46. The van der Waals surface area contributed by atoms with Crippen molar-refractivity contribution in [1.82, 2.24) is 0 Å². The molecule has 0 saturated heterocycles. The fourth-order valence-corrected chi connectivity index (χ4v) is 9.77. The summed E-state index contributed by atoms with van der Waals surface area (Å²) in [6, 6.07) is 64.4. The van der Waals surface area contributed by atoms with Crippen LogP contribution < -0.4 is 4.90 Å². The van der Waals surface area contributed by atoms with Crippen LogP contribution in [0.2, 0.25) is 0 Å². The molecule has 0 amide bonds. The van der Waals surface area contributed by atoms with Crippen LogP contribution >= 0.6 is 0 Å². The van der Waals surface area contributed by atoms with Crippen LogP contribution in [0.5, 0.6) is 0 Å². The van der Waals surface area contributed by atoms with E-state index in [-0.39, 0.29) is 10.8 Å². The molecule has 11 rings (SSSR count). The van der Waals surface area contributed by atoms with E-state index < -0.39 is 0 Å². The first kappa shape index (κ1) is 32.8. The fourth-order valence-electron chi connectivity index (χ4n) is 9.77. The Balaban J connectivity index is 1.09. The molecule has 2 nitrogen and oxygen atoms in total. The Labute approximate surface area is 328 Å². The van der Waals surface area contributed by atoms with Crippen LogP contribution in [0.25, 0.3) is 66.4 Å². The highest BCUT2D eigenvalue weighted by atomic mass is 16.3. The molecule has 0 spiro atoms. The minimum atomic E-state index is -0.171. The van der Waals surface area contributed by atoms with E-state index in [1.165, 1.54) is 61.3 Å². The smallest absolute Gasteiger partial charge is 0.143 e. The number of hydrogen-bond acceptors (Lipinski definition) is 2. The molecule has 0 unspecified atom stereocenters. The van der Waals surface area contributed by atoms with Crippen molar-refractivity contribution in [2.45, 2.75) is 38.5 Å². The highest BCUT2D eigenvalue weighted by Gasteiger charge is 2.42. The maximum Gasteiger partial charge on any atom is 0.143 e. The standard InChI is InChI=1S/C54H41NO/c1-53(2)45-20-10-8-16-40(45)43-32-48-44(33-47(43)53)51-46(54(48,3)4)21-13-22-49(51)55(37-28-24-35(25-29-37)34-14-6-5-7-15-34)38-30-26-36(27-31-38)39-18-12-19-42-41-17-9-11-23-50(41)56-52(39)42/h5-33H,1-4H3. The molecule has 2 heteroatoms. The summed E-state index contributed by atoms with van der Waals surface area (Å²) in [6.45, 7) is 9.55. The molecule has 0 saturated carbocycles. The molecule has 0 fully saturated rings. The SMILES string of the molecule is CC1(C)c2ccccc2-c2cc3c(cc21)-c1c(N(c2ccc(-c4ccccc4)cc2)c2ccc(-c4cccc5c4oc4ccccc45)cc2)cccc1C3(C)C. The molecule has 0 radical (unpaired) electrons. The zero-order chi connectivity index (χ0) is 37.8. The number of fused-ring (bicyclic) bond motifs is 9. The minimum Gasteiger partial charge on any atom is -0.455 e. The van der Waals surface area contributed by atoms with Crippen molar-refractivity contribution in [2.75, 3.05) is 4.90 Å². The van der Waals surface area contributed by atoms with E-state index in [9.17, 15) is 0 Å². The van der Waals surface area contributed by atoms with Crippen LogP contribution in [-0.4, -0.2) is 0 Å². The third kappa shape index (κ3) is 4.69. The molecule has 8 aromatic carbocycles. The summed E-state index contributed by atoms with van der Waals surface area (Å²) in [5.74, 6) is 0. The van der Waals surface area contributed by atoms with E-state index in [0.717, 1.165) is 44.4 Å². The molecule has 56 heavy (non-hydrogen) atoms. The van der Waals surface area contributed by atoms with E-state index in [1.54, 1.807) is 0 Å². The Morgan fingerprint density at radius 1 is 0.393 bits per heavy atom. The van der Waals surface area contributed by atoms with Crippen LogP contribution in [-0.2, 0) is 10.8 Å². The van der Waals surface area contributed by atoms with Crippen LogP contribution in [0.1, 0.15) is 49.9 Å². The Morgan fingerprint density at radius 3 is 1.73 bits per heavy atom. The van der Waals surface area contributed by atoms with Crippen LogP contribution in [0.4, 0.5) is 17.1 Å². The zero-order valence-corrected chi connectivity index (χ0v) is 32.1. The van der Waals surface area contributed by atoms with Crippen molar-refractivity contribution in [3.8, 4) is 44.5 Å². The fraction of sp³-hybridized carbons (Fsp3) is 0.111. The monoisotopic (exact) mass is 719 g/mol. The first-order valence-corrected chi connectivity index (χ1v) is 19.7. The van der Waals surface area contributed by atoms with Gasteiger partial charge in [-0.25, -0.2) is 0 Å². The average molecular weight is 720 g/mol. The van der Waals surface area contributed by atoms with E-state index in [2.05, 4.69) is 202 Å². The maximum atomic E-state index is 6.46. The molecule has 0 bridgehead atoms. The number of hydrogen-bond donors (Lipinski definition) is 0. The third-order valence-corrected chi connectivity index (χ3v) is 12.7. The Kier molecular flexibility index (Phi) is 6.98. The van der Waals surface area contributed by atoms with Crippen molar-refractivity contribution in [3.63, 3.8) is 0 Å². The normalized spacial score (nSPS) is 14.4. The number of anilines is 3. The number of para-hydroxylation sites is 2. The van der Waals surface area contributed by atoms with Crippen LogP contribution in [0, 0.1) is 0 Å². The van der Waals surface area contributed by atoms with Gasteiger partial charge in [0.25, 0.3) is 0 Å². The van der Waals surface area contributed by atoms with E-state index in [1.807, 2.05) is 6.07 Å². The van der Waals surface area contributed by atoms with E-state index in [0.29, 0.717) is 0 Å². The molecule has 9 aromatic rings. The van der Waals surface area contributed by atoms with Gasteiger partial charge in [0.1, 0.15) is 11.2 Å². The summed E-state index contributed by atoms with van der Waals surface area (Å²) in [7, 11) is 0. The van der Waals surface area contributed by atoms with Gasteiger partial charge in [-0.1, -0.05) is 155 Å². The van der Waals surface area contributed by atoms with Gasteiger partial charge in [0.05, 0.1) is 5.69 Å². The Hall–Kier alpha value is -6.64. The van der Waals surface area contributed by atoms with Crippen molar-refractivity contribution in [3.05, 3.63) is 198 Å². The van der Waals surface area contributed by atoms with Gasteiger partial charge in [0, 0.05) is 44.1 Å². The molecule has 0 atom stereocenters. The highest BCUT2D eigenvalue weighted by molar-refractivity contribution is 6.09. The average Bonchev–Trinajstić information content (AvgIpc) is 3.81. The number of nitrogens with zero attached hydrogens (tertiary/aromatic N) is 1. The Bertz CT molecular complexity index is 3000. The molecule has 268 valence electrons. The van der Waals surface area contributed by atoms with Crippen LogP contribution in [0.15, 0.2) is 180 Å². The second-order valence-corrected chi connectivity index (χ2v) is 16.5. The lowest BCUT2D eigenvalue weighted by molar-refractivity contribution is 0.652. The Morgan fingerprint density at radius 2 is 0.946 bits per heavy atom. The van der Waals surface area contributed by atoms with Gasteiger partial charge in [0.15, 0.2) is 0 Å². The van der Waals surface area contributed by atoms with Crippen molar-refractivity contribution in [1.29, 1.82) is 0 Å². The van der Waals surface area contributed by atoms with E-state index >= 15 is 0 Å². The van der Waals surface area contributed by atoms with Gasteiger partial charge in [-0.2, -0.15) is 0 Å². The van der Waals surface area contributed by atoms with Gasteiger partial charge >= 0.3 is 0 Å². The maximum absolute atomic E-state index is 6.46. The molecule has 0 N–H and O–H groups in total. The predicted octanol–water partition coefficient (Wildman–Crippen LogP) is 15.0. The molecular formula is C54H41NO. The second kappa shape index (κ2) is 11.9. The quantitative estimate of drug-likeness (QED) is 0.176. The zero-order valence-electron chi connectivity index (χ0n) is 32.1. The van der Waals surface area contributed by atoms with Gasteiger partial charge < -0.3 is 9.32 Å². The molecule has 0 aliphatic heterocycles. The second-order valence-electron chi connectivity index (χ2n) is 16.5. The van der Waals surface area contributed by atoms with Gasteiger partial charge in [-0.15, -0.1) is 0 Å². The minimum absolute atomic E-state index is 0.0890. The lowest BCUT2D eigenvalue weighted by Crippen LogP contribution is -2.17. The number of benzene rings is 8. The van der Waals surface area contributed by atoms with Crippen molar-refractivity contribution >= 4 is 39.0 Å². The lowest BCUT2D eigenvalue weighted by atomic mass is 9.79. The van der Waals surface area contributed by atoms with Gasteiger partial charge in [-0.05, 0) is 104 Å². The van der Waals surface area contributed by atoms with E-state index in [4.69, 9.17) is 4.42 Å². The largest absolute Gasteiger partial charge is 0.455 e. The van der Waals surface area contributed by atoms with Gasteiger partial charge in [-0.3, -0.25) is 0 Å². The molecular weight excluding hydrogens is 679 g/mol. The summed E-state index contributed by atoms with van der Waals surface area (Å²) in [6.07, 6.45) is 0. The van der Waals surface area contributed by atoms with Gasteiger partial charge in [0.2, 0.25) is 0 Å². The summed E-state index contributed by atoms with van der Waals surface area (Å²) >= 11 is 0. The number of rotatable bonds is 5. The molecule has 1 heterocycles. The topological polar surface area (TPSA) is 16.4 Å².